The van der Waals surface area contributed by atoms with Crippen LogP contribution in [0.4, 0.5) is 0 Å². The molecule has 2 N–H and O–H groups in total. The molecule has 1 aromatic rings. The normalized spacial score (nSPS) is 8.08. The van der Waals surface area contributed by atoms with Crippen molar-refractivity contribution < 1.29 is 66.3 Å². The third-order valence-electron chi connectivity index (χ3n) is 1.19. The summed E-state index contributed by atoms with van der Waals surface area (Å²) >= 11 is 1.98. The molecule has 13 heavy (non-hydrogen) atoms. The predicted molar refractivity (Wildman–Crippen MR) is 50.0 cm³/mol. The molecule has 62 valence electrons. The molecule has 0 atom stereocenters. The van der Waals surface area contributed by atoms with Crippen LogP contribution in [0.1, 0.15) is 13.2 Å². The van der Waals surface area contributed by atoms with Gasteiger partial charge in [-0.25, -0.2) is 4.79 Å². The first kappa shape index (κ1) is 16.3. The van der Waals surface area contributed by atoms with Gasteiger partial charge in [0, 0.05) is 3.57 Å². The second-order valence-corrected chi connectivity index (χ2v) is 3.21. The molecule has 0 saturated carbocycles. The van der Waals surface area contributed by atoms with Crippen LogP contribution in [0.5, 0.6) is 5.75 Å². The van der Waals surface area contributed by atoms with Crippen molar-refractivity contribution in [2.45, 2.75) is 0 Å². The van der Waals surface area contributed by atoms with Crippen molar-refractivity contribution in [1.29, 1.82) is 0 Å². The molecule has 3 nitrogen and oxygen atoms in total. The Morgan fingerprint density at radius 3 is 2.38 bits per heavy atom. The van der Waals surface area contributed by atoms with E-state index in [4.69, 9.17) is 10.2 Å². The van der Waals surface area contributed by atoms with E-state index in [9.17, 15) is 4.79 Å². The number of carboxylic acids is 1. The molecule has 0 aliphatic rings. The van der Waals surface area contributed by atoms with Crippen molar-refractivity contribution in [1.82, 2.24) is 0 Å². The quantitative estimate of drug-likeness (QED) is 0.409. The fourth-order valence-corrected chi connectivity index (χ4v) is 1.17. The minimum atomic E-state index is -1.11. The number of aromatic carboxylic acids is 1. The summed E-state index contributed by atoms with van der Waals surface area (Å²) in [5, 5.41) is 17.5. The average Bonchev–Trinajstić information content (AvgIpc) is 1.94. The van der Waals surface area contributed by atoms with Crippen molar-refractivity contribution in [2.24, 2.45) is 0 Å². The number of carboxylic acid groups (broad SMARTS) is 1. The summed E-state index contributed by atoms with van der Waals surface area (Å²) in [4.78, 5) is 10.4. The van der Waals surface area contributed by atoms with Crippen molar-refractivity contribution in [3.05, 3.63) is 27.3 Å². The maximum Gasteiger partial charge on any atom is 1.00 e. The number of phenols is 1. The second kappa shape index (κ2) is 7.15. The number of hydrogen-bond acceptors (Lipinski definition) is 2. The van der Waals surface area contributed by atoms with Crippen LogP contribution in [0.2, 0.25) is 0 Å². The summed E-state index contributed by atoms with van der Waals surface area (Å²) in [7, 11) is 0. The van der Waals surface area contributed by atoms with Gasteiger partial charge >= 0.3 is 54.4 Å². The van der Waals surface area contributed by atoms with Crippen LogP contribution in [0.3, 0.4) is 0 Å². The Labute approximate surface area is 126 Å². The minimum Gasteiger partial charge on any atom is -1.00 e. The molecule has 0 aliphatic heterocycles. The largest absolute Gasteiger partial charge is 1.00 e. The molecule has 0 saturated heterocycles. The number of rotatable bonds is 1. The summed E-state index contributed by atoms with van der Waals surface area (Å²) in [6, 6.07) is 4.42. The van der Waals surface area contributed by atoms with Gasteiger partial charge in [0.1, 0.15) is 11.3 Å². The summed E-state index contributed by atoms with van der Waals surface area (Å²) in [5.41, 5.74) is -0.0584. The molecule has 0 aromatic heterocycles. The zero-order valence-electron chi connectivity index (χ0n) is 9.41. The fourth-order valence-electron chi connectivity index (χ4n) is 0.680. The monoisotopic (exact) mass is 296 g/mol. The summed E-state index contributed by atoms with van der Waals surface area (Å²) < 4.78 is 0.790. The van der Waals surface area contributed by atoms with Crippen LogP contribution >= 0.6 is 22.6 Å². The van der Waals surface area contributed by atoms with E-state index in [-0.39, 0.29) is 62.6 Å². The van der Waals surface area contributed by atoms with E-state index in [1.807, 2.05) is 22.6 Å². The zero-order valence-corrected chi connectivity index (χ0v) is 11.6. The van der Waals surface area contributed by atoms with Crippen LogP contribution in [-0.4, -0.2) is 16.2 Å². The molecule has 0 unspecified atom stereocenters. The number of carbonyl (C=O) groups is 1. The van der Waals surface area contributed by atoms with E-state index in [0.717, 1.165) is 3.57 Å². The molecule has 0 spiro atoms. The third-order valence-corrected chi connectivity index (χ3v) is 1.86. The van der Waals surface area contributed by atoms with E-state index < -0.39 is 5.97 Å². The van der Waals surface area contributed by atoms with Crippen LogP contribution in [0.25, 0.3) is 0 Å². The van der Waals surface area contributed by atoms with E-state index in [1.165, 1.54) is 12.1 Å². The van der Waals surface area contributed by atoms with Crippen molar-refractivity contribution >= 4 is 28.6 Å². The standard InChI is InChI=1S/C7H5IO3.Li.Na.2H/c8-4-1-2-6(9)5(3-4)7(10)11;;;;/h1-3,9H,(H,10,11);;;;/q;2*+1;2*-1. The average molecular weight is 296 g/mol. The van der Waals surface area contributed by atoms with Gasteiger partial charge in [-0.05, 0) is 40.8 Å². The minimum absolute atomic E-state index is 0. The summed E-state index contributed by atoms with van der Waals surface area (Å²) in [6.07, 6.45) is 0. The Hall–Kier alpha value is 0.817. The van der Waals surface area contributed by atoms with Gasteiger partial charge in [-0.1, -0.05) is 0 Å². The molecular weight excluding hydrogens is 289 g/mol. The molecule has 0 fully saturated rings. The predicted octanol–water partition coefficient (Wildman–Crippen LogP) is -4.07. The van der Waals surface area contributed by atoms with E-state index in [2.05, 4.69) is 0 Å². The van der Waals surface area contributed by atoms with Crippen LogP contribution < -0.4 is 48.4 Å². The topological polar surface area (TPSA) is 57.5 Å². The fraction of sp³-hybridized carbons (Fsp3) is 0. The Morgan fingerprint density at radius 2 is 2.00 bits per heavy atom. The molecule has 0 amide bonds. The maximum atomic E-state index is 10.4. The number of halogens is 1. The Morgan fingerprint density at radius 1 is 1.46 bits per heavy atom. The first-order valence-corrected chi connectivity index (χ1v) is 3.91. The van der Waals surface area contributed by atoms with Gasteiger partial charge in [-0.15, -0.1) is 0 Å². The maximum absolute atomic E-state index is 10.4. The second-order valence-electron chi connectivity index (χ2n) is 1.97. The SMILES string of the molecule is O=C(O)c1cc(I)ccc1O.[H-].[H-].[Li+].[Na+]. The van der Waals surface area contributed by atoms with Gasteiger partial charge in [-0.2, -0.15) is 0 Å². The Bertz CT molecular complexity index is 314. The van der Waals surface area contributed by atoms with Gasteiger partial charge in [0.15, 0.2) is 0 Å². The molecule has 6 heteroatoms. The first-order valence-electron chi connectivity index (χ1n) is 2.83. The first-order chi connectivity index (χ1) is 5.11. The van der Waals surface area contributed by atoms with Crippen LogP contribution in [0, 0.1) is 3.57 Å². The summed E-state index contributed by atoms with van der Waals surface area (Å²) in [6.45, 7) is 0. The van der Waals surface area contributed by atoms with E-state index in [1.54, 1.807) is 6.07 Å². The molecule has 1 rings (SSSR count). The Kier molecular flexibility index (Phi) is 8.95. The van der Waals surface area contributed by atoms with Gasteiger partial charge in [0.2, 0.25) is 0 Å². The summed E-state index contributed by atoms with van der Waals surface area (Å²) in [5.74, 6) is -1.31. The van der Waals surface area contributed by atoms with Crippen molar-refractivity contribution in [3.63, 3.8) is 0 Å². The van der Waals surface area contributed by atoms with Crippen LogP contribution in [0.15, 0.2) is 18.2 Å². The number of aromatic hydroxyl groups is 1. The van der Waals surface area contributed by atoms with Gasteiger partial charge < -0.3 is 13.1 Å². The van der Waals surface area contributed by atoms with Gasteiger partial charge in [0.25, 0.3) is 0 Å². The number of benzene rings is 1. The smallest absolute Gasteiger partial charge is 1.00 e. The number of hydrogen-bond donors (Lipinski definition) is 2. The molecule has 0 radical (unpaired) electrons. The van der Waals surface area contributed by atoms with E-state index >= 15 is 0 Å². The Balaban J connectivity index is -0.000000151. The third kappa shape index (κ3) is 4.72. The molecule has 0 heterocycles. The van der Waals surface area contributed by atoms with E-state index in [0.29, 0.717) is 0 Å². The molecular formula is C7H7ILiNaO3. The van der Waals surface area contributed by atoms with Crippen LogP contribution in [-0.2, 0) is 0 Å². The molecule has 0 aliphatic carbocycles. The molecule has 1 aromatic carbocycles. The van der Waals surface area contributed by atoms with Crippen molar-refractivity contribution in [3.8, 4) is 5.75 Å². The zero-order chi connectivity index (χ0) is 8.43. The van der Waals surface area contributed by atoms with Crippen molar-refractivity contribution in [2.75, 3.05) is 0 Å². The van der Waals surface area contributed by atoms with Gasteiger partial charge in [-0.3, -0.25) is 0 Å². The molecule has 0 bridgehead atoms. The van der Waals surface area contributed by atoms with Gasteiger partial charge in [0.05, 0.1) is 0 Å².